The van der Waals surface area contributed by atoms with Crippen LogP contribution in [0.3, 0.4) is 0 Å². The van der Waals surface area contributed by atoms with Crippen molar-refractivity contribution in [2.45, 2.75) is 31.8 Å². The fourth-order valence-electron chi connectivity index (χ4n) is 4.42. The first-order valence-electron chi connectivity index (χ1n) is 9.87. The third kappa shape index (κ3) is 3.59. The van der Waals surface area contributed by atoms with Crippen LogP contribution in [0.5, 0.6) is 0 Å². The van der Waals surface area contributed by atoms with Crippen molar-refractivity contribution in [1.29, 1.82) is 0 Å². The summed E-state index contributed by atoms with van der Waals surface area (Å²) in [5.41, 5.74) is 1.72. The SMILES string of the molecule is CNC(=O)C1(Cc2ccccc2-c2cccs2)CCN(C(=O)C2CCCO2)C1. The number of nitrogens with one attached hydrogen (secondary N) is 1. The van der Waals surface area contributed by atoms with E-state index in [0.29, 0.717) is 32.5 Å². The van der Waals surface area contributed by atoms with Crippen LogP contribution in [0.25, 0.3) is 10.4 Å². The van der Waals surface area contributed by atoms with Crippen LogP contribution in [-0.4, -0.2) is 49.6 Å². The van der Waals surface area contributed by atoms with E-state index in [4.69, 9.17) is 4.74 Å². The lowest BCUT2D eigenvalue weighted by molar-refractivity contribution is -0.140. The second-order valence-corrected chi connectivity index (χ2v) is 8.63. The summed E-state index contributed by atoms with van der Waals surface area (Å²) in [4.78, 5) is 28.8. The molecule has 2 amide bonds. The van der Waals surface area contributed by atoms with Crippen molar-refractivity contribution in [3.63, 3.8) is 0 Å². The molecule has 3 heterocycles. The normalized spacial score (nSPS) is 24.5. The highest BCUT2D eigenvalue weighted by atomic mass is 32.1. The van der Waals surface area contributed by atoms with Crippen molar-refractivity contribution in [1.82, 2.24) is 10.2 Å². The van der Waals surface area contributed by atoms with E-state index in [-0.39, 0.29) is 17.9 Å². The average Bonchev–Trinajstić information content (AvgIpc) is 3.49. The van der Waals surface area contributed by atoms with Gasteiger partial charge in [0.15, 0.2) is 0 Å². The molecule has 5 nitrogen and oxygen atoms in total. The lowest BCUT2D eigenvalue weighted by Crippen LogP contribution is -2.45. The lowest BCUT2D eigenvalue weighted by atomic mass is 9.78. The maximum atomic E-state index is 12.9. The van der Waals surface area contributed by atoms with E-state index in [0.717, 1.165) is 18.4 Å². The molecule has 1 aromatic heterocycles. The Morgan fingerprint density at radius 2 is 2.14 bits per heavy atom. The molecule has 2 aliphatic rings. The first-order chi connectivity index (χ1) is 13.6. The molecule has 0 radical (unpaired) electrons. The van der Waals surface area contributed by atoms with Crippen LogP contribution < -0.4 is 5.32 Å². The van der Waals surface area contributed by atoms with Crippen LogP contribution in [-0.2, 0) is 20.7 Å². The van der Waals surface area contributed by atoms with Gasteiger partial charge in [0.1, 0.15) is 6.10 Å². The molecular weight excluding hydrogens is 372 g/mol. The Hall–Kier alpha value is -2.18. The van der Waals surface area contributed by atoms with Gasteiger partial charge in [-0.25, -0.2) is 0 Å². The van der Waals surface area contributed by atoms with E-state index < -0.39 is 5.41 Å². The van der Waals surface area contributed by atoms with Crippen molar-refractivity contribution < 1.29 is 14.3 Å². The third-order valence-corrected chi connectivity index (χ3v) is 6.82. The number of nitrogens with zero attached hydrogens (tertiary/aromatic N) is 1. The number of carbonyl (C=O) groups excluding carboxylic acids is 2. The predicted molar refractivity (Wildman–Crippen MR) is 110 cm³/mol. The van der Waals surface area contributed by atoms with Gasteiger partial charge in [-0.3, -0.25) is 9.59 Å². The molecule has 1 aromatic carbocycles. The minimum Gasteiger partial charge on any atom is -0.368 e. The highest BCUT2D eigenvalue weighted by Crippen LogP contribution is 2.39. The van der Waals surface area contributed by atoms with Crippen LogP contribution in [0.2, 0.25) is 0 Å². The number of rotatable bonds is 5. The van der Waals surface area contributed by atoms with Gasteiger partial charge in [0, 0.05) is 31.6 Å². The van der Waals surface area contributed by atoms with E-state index in [2.05, 4.69) is 28.9 Å². The highest BCUT2D eigenvalue weighted by Gasteiger charge is 2.47. The molecule has 2 unspecified atom stereocenters. The number of ether oxygens (including phenoxy) is 1. The minimum atomic E-state index is -0.601. The summed E-state index contributed by atoms with van der Waals surface area (Å²) in [6.07, 6.45) is 2.67. The molecule has 0 saturated carbocycles. The third-order valence-electron chi connectivity index (χ3n) is 5.91. The maximum Gasteiger partial charge on any atom is 0.251 e. The average molecular weight is 399 g/mol. The highest BCUT2D eigenvalue weighted by molar-refractivity contribution is 7.13. The van der Waals surface area contributed by atoms with Crippen molar-refractivity contribution in [3.05, 3.63) is 47.3 Å². The zero-order valence-corrected chi connectivity index (χ0v) is 17.0. The summed E-state index contributed by atoms with van der Waals surface area (Å²) in [6, 6.07) is 12.4. The summed E-state index contributed by atoms with van der Waals surface area (Å²) in [5.74, 6) is 0.0472. The number of hydrogen-bond acceptors (Lipinski definition) is 4. The number of thiophene rings is 1. The molecule has 2 atom stereocenters. The fraction of sp³-hybridized carbons (Fsp3) is 0.455. The molecule has 2 aromatic rings. The van der Waals surface area contributed by atoms with Crippen LogP contribution in [0.1, 0.15) is 24.8 Å². The standard InChI is InChI=1S/C22H26N2O3S/c1-23-21(26)22(10-11-24(15-22)20(25)18-8-4-12-27-18)14-16-6-2-3-7-17(16)19-9-5-13-28-19/h2-3,5-7,9,13,18H,4,8,10-12,14-15H2,1H3,(H,23,26). The van der Waals surface area contributed by atoms with Gasteiger partial charge in [-0.05, 0) is 48.3 Å². The largest absolute Gasteiger partial charge is 0.368 e. The Kier molecular flexibility index (Phi) is 5.51. The van der Waals surface area contributed by atoms with Gasteiger partial charge in [0.25, 0.3) is 5.91 Å². The van der Waals surface area contributed by atoms with Gasteiger partial charge < -0.3 is 15.0 Å². The van der Waals surface area contributed by atoms with Crippen molar-refractivity contribution in [2.75, 3.05) is 26.7 Å². The second-order valence-electron chi connectivity index (χ2n) is 7.68. The Bertz CT molecular complexity index is 845. The van der Waals surface area contributed by atoms with E-state index in [9.17, 15) is 9.59 Å². The number of benzene rings is 1. The molecule has 148 valence electrons. The fourth-order valence-corrected chi connectivity index (χ4v) is 5.21. The van der Waals surface area contributed by atoms with Gasteiger partial charge in [-0.1, -0.05) is 30.3 Å². The van der Waals surface area contributed by atoms with E-state index in [1.54, 1.807) is 18.4 Å². The summed E-state index contributed by atoms with van der Waals surface area (Å²) >= 11 is 1.70. The van der Waals surface area contributed by atoms with E-state index in [1.807, 2.05) is 23.1 Å². The van der Waals surface area contributed by atoms with Crippen molar-refractivity contribution in [3.8, 4) is 10.4 Å². The molecule has 4 rings (SSSR count). The monoisotopic (exact) mass is 398 g/mol. The molecule has 0 aliphatic carbocycles. The molecule has 1 N–H and O–H groups in total. The molecule has 2 saturated heterocycles. The zero-order valence-electron chi connectivity index (χ0n) is 16.1. The first kappa shape index (κ1) is 19.2. The van der Waals surface area contributed by atoms with Crippen LogP contribution in [0, 0.1) is 5.41 Å². The second kappa shape index (κ2) is 8.05. The van der Waals surface area contributed by atoms with Gasteiger partial charge in [-0.2, -0.15) is 0 Å². The van der Waals surface area contributed by atoms with E-state index in [1.165, 1.54) is 10.4 Å². The van der Waals surface area contributed by atoms with Crippen molar-refractivity contribution in [2.24, 2.45) is 5.41 Å². The summed E-state index contributed by atoms with van der Waals surface area (Å²) in [7, 11) is 1.68. The molecular formula is C22H26N2O3S. The van der Waals surface area contributed by atoms with Crippen LogP contribution in [0.15, 0.2) is 41.8 Å². The lowest BCUT2D eigenvalue weighted by Gasteiger charge is -2.29. The van der Waals surface area contributed by atoms with Gasteiger partial charge in [0.05, 0.1) is 5.41 Å². The number of likely N-dealkylation sites (tertiary alicyclic amines) is 1. The van der Waals surface area contributed by atoms with Gasteiger partial charge >= 0.3 is 0 Å². The smallest absolute Gasteiger partial charge is 0.251 e. The molecule has 2 fully saturated rings. The van der Waals surface area contributed by atoms with E-state index >= 15 is 0 Å². The Morgan fingerprint density at radius 3 is 2.86 bits per heavy atom. The minimum absolute atomic E-state index is 0.0103. The summed E-state index contributed by atoms with van der Waals surface area (Å²) < 4.78 is 5.58. The molecule has 0 spiro atoms. The predicted octanol–water partition coefficient (Wildman–Crippen LogP) is 3.10. The molecule has 28 heavy (non-hydrogen) atoms. The number of amides is 2. The molecule has 6 heteroatoms. The quantitative estimate of drug-likeness (QED) is 0.842. The van der Waals surface area contributed by atoms with Gasteiger partial charge in [0.2, 0.25) is 5.91 Å². The summed E-state index contributed by atoms with van der Waals surface area (Å²) in [5, 5.41) is 4.91. The first-order valence-corrected chi connectivity index (χ1v) is 10.8. The van der Waals surface area contributed by atoms with Gasteiger partial charge in [-0.15, -0.1) is 11.3 Å². The number of carbonyl (C=O) groups is 2. The maximum absolute atomic E-state index is 12.9. The summed E-state index contributed by atoms with van der Waals surface area (Å²) in [6.45, 7) is 1.70. The Labute approximate surface area is 169 Å². The Morgan fingerprint density at radius 1 is 1.29 bits per heavy atom. The molecule has 2 aliphatic heterocycles. The van der Waals surface area contributed by atoms with Crippen molar-refractivity contribution >= 4 is 23.2 Å². The number of hydrogen-bond donors (Lipinski definition) is 1. The zero-order chi connectivity index (χ0) is 19.6. The Balaban J connectivity index is 1.60. The van der Waals surface area contributed by atoms with Crippen LogP contribution in [0.4, 0.5) is 0 Å². The van der Waals surface area contributed by atoms with Crippen LogP contribution >= 0.6 is 11.3 Å². The molecule has 0 bridgehead atoms. The topological polar surface area (TPSA) is 58.6 Å².